The van der Waals surface area contributed by atoms with Crippen molar-refractivity contribution in [3.63, 3.8) is 0 Å². The number of thioether (sulfide) groups is 1. The first-order valence-electron chi connectivity index (χ1n) is 6.14. The second-order valence-electron chi connectivity index (χ2n) is 4.59. The Labute approximate surface area is 102 Å². The molecule has 1 fully saturated rings. The molecule has 0 bridgehead atoms. The van der Waals surface area contributed by atoms with Crippen molar-refractivity contribution >= 4 is 11.8 Å². The number of rotatable bonds is 3. The highest BCUT2D eigenvalue weighted by atomic mass is 32.2. The van der Waals surface area contributed by atoms with Crippen LogP contribution in [0.1, 0.15) is 50.8 Å². The van der Waals surface area contributed by atoms with Crippen LogP contribution in [0.5, 0.6) is 0 Å². The topological polar surface area (TPSA) is 38.9 Å². The van der Waals surface area contributed by atoms with Crippen LogP contribution in [0.2, 0.25) is 0 Å². The van der Waals surface area contributed by atoms with Gasteiger partial charge in [-0.2, -0.15) is 0 Å². The third-order valence-corrected chi connectivity index (χ3v) is 4.40. The lowest BCUT2D eigenvalue weighted by Crippen LogP contribution is -2.09. The molecule has 1 saturated carbocycles. The Morgan fingerprint density at radius 2 is 2.06 bits per heavy atom. The van der Waals surface area contributed by atoms with Crippen LogP contribution < -0.4 is 5.73 Å². The van der Waals surface area contributed by atoms with Gasteiger partial charge in [0.15, 0.2) is 0 Å². The second kappa shape index (κ2) is 5.69. The minimum atomic E-state index is 0.0359. The van der Waals surface area contributed by atoms with Gasteiger partial charge in [-0.25, -0.2) is 0 Å². The molecule has 0 saturated heterocycles. The van der Waals surface area contributed by atoms with E-state index in [1.54, 1.807) is 0 Å². The summed E-state index contributed by atoms with van der Waals surface area (Å²) in [6.45, 7) is 1.97. The first-order valence-corrected chi connectivity index (χ1v) is 7.02. The Balaban J connectivity index is 1.93. The van der Waals surface area contributed by atoms with Crippen molar-refractivity contribution in [3.05, 3.63) is 24.0 Å². The highest BCUT2D eigenvalue weighted by Gasteiger charge is 2.14. The van der Waals surface area contributed by atoms with Gasteiger partial charge in [-0.15, -0.1) is 11.8 Å². The molecule has 3 heteroatoms. The van der Waals surface area contributed by atoms with Gasteiger partial charge in [0.05, 0.1) is 5.69 Å². The molecule has 0 aromatic carbocycles. The number of nitrogens with two attached hydrogens (primary N) is 1. The van der Waals surface area contributed by atoms with Crippen LogP contribution in [-0.4, -0.2) is 10.2 Å². The SMILES string of the molecule is CC(N)c1ccc(SC2CCCCC2)cn1. The lowest BCUT2D eigenvalue weighted by atomic mass is 10.0. The zero-order valence-electron chi connectivity index (χ0n) is 9.86. The molecular weight excluding hydrogens is 216 g/mol. The Morgan fingerprint density at radius 3 is 2.62 bits per heavy atom. The summed E-state index contributed by atoms with van der Waals surface area (Å²) >= 11 is 1.98. The molecule has 1 aliphatic carbocycles. The van der Waals surface area contributed by atoms with Crippen molar-refractivity contribution < 1.29 is 0 Å². The maximum absolute atomic E-state index is 5.78. The molecule has 2 nitrogen and oxygen atoms in total. The molecule has 0 radical (unpaired) electrons. The minimum absolute atomic E-state index is 0.0359. The van der Waals surface area contributed by atoms with E-state index in [9.17, 15) is 0 Å². The van der Waals surface area contributed by atoms with Crippen LogP contribution >= 0.6 is 11.8 Å². The lowest BCUT2D eigenvalue weighted by molar-refractivity contribution is 0.516. The summed E-state index contributed by atoms with van der Waals surface area (Å²) in [6.07, 6.45) is 8.89. The zero-order valence-corrected chi connectivity index (χ0v) is 10.7. The van der Waals surface area contributed by atoms with Crippen molar-refractivity contribution in [2.75, 3.05) is 0 Å². The summed E-state index contributed by atoms with van der Waals surface area (Å²) in [6, 6.07) is 4.24. The summed E-state index contributed by atoms with van der Waals surface area (Å²) in [5, 5.41) is 0.802. The van der Waals surface area contributed by atoms with Gasteiger partial charge >= 0.3 is 0 Å². The molecule has 0 amide bonds. The van der Waals surface area contributed by atoms with Crippen molar-refractivity contribution in [1.29, 1.82) is 0 Å². The second-order valence-corrected chi connectivity index (χ2v) is 5.96. The van der Waals surface area contributed by atoms with Crippen LogP contribution in [-0.2, 0) is 0 Å². The minimum Gasteiger partial charge on any atom is -0.323 e. The van der Waals surface area contributed by atoms with E-state index in [4.69, 9.17) is 5.73 Å². The van der Waals surface area contributed by atoms with E-state index < -0.39 is 0 Å². The van der Waals surface area contributed by atoms with Gasteiger partial charge in [0.25, 0.3) is 0 Å². The molecule has 0 aliphatic heterocycles. The van der Waals surface area contributed by atoms with Crippen molar-refractivity contribution in [3.8, 4) is 0 Å². The summed E-state index contributed by atoms with van der Waals surface area (Å²) in [4.78, 5) is 5.69. The molecule has 0 spiro atoms. The summed E-state index contributed by atoms with van der Waals surface area (Å²) in [7, 11) is 0. The fraction of sp³-hybridized carbons (Fsp3) is 0.615. The number of hydrogen-bond donors (Lipinski definition) is 1. The number of nitrogens with zero attached hydrogens (tertiary/aromatic N) is 1. The quantitative estimate of drug-likeness (QED) is 0.872. The molecule has 1 atom stereocenters. The molecular formula is C13H20N2S. The highest BCUT2D eigenvalue weighted by Crippen LogP contribution is 2.33. The molecule has 1 aliphatic rings. The van der Waals surface area contributed by atoms with Crippen molar-refractivity contribution in [2.24, 2.45) is 5.73 Å². The molecule has 2 N–H and O–H groups in total. The van der Waals surface area contributed by atoms with Gasteiger partial charge < -0.3 is 5.73 Å². The average molecular weight is 236 g/mol. The maximum atomic E-state index is 5.78. The fourth-order valence-electron chi connectivity index (χ4n) is 2.11. The molecule has 1 aromatic heterocycles. The van der Waals surface area contributed by atoms with Crippen LogP contribution in [0.25, 0.3) is 0 Å². The van der Waals surface area contributed by atoms with Gasteiger partial charge in [-0.1, -0.05) is 19.3 Å². The monoisotopic (exact) mass is 236 g/mol. The largest absolute Gasteiger partial charge is 0.323 e. The Hall–Kier alpha value is -0.540. The van der Waals surface area contributed by atoms with E-state index in [0.29, 0.717) is 0 Å². The van der Waals surface area contributed by atoms with Gasteiger partial charge in [-0.05, 0) is 31.9 Å². The van der Waals surface area contributed by atoms with Gasteiger partial charge in [0, 0.05) is 22.4 Å². The lowest BCUT2D eigenvalue weighted by Gasteiger charge is -2.20. The predicted molar refractivity (Wildman–Crippen MR) is 69.6 cm³/mol. The van der Waals surface area contributed by atoms with Gasteiger partial charge in [0.1, 0.15) is 0 Å². The first-order chi connectivity index (χ1) is 7.75. The molecule has 88 valence electrons. The predicted octanol–water partition coefficient (Wildman–Crippen LogP) is 3.53. The van der Waals surface area contributed by atoms with E-state index in [0.717, 1.165) is 10.9 Å². The third-order valence-electron chi connectivity index (χ3n) is 3.08. The van der Waals surface area contributed by atoms with E-state index in [1.807, 2.05) is 24.9 Å². The number of hydrogen-bond acceptors (Lipinski definition) is 3. The molecule has 1 heterocycles. The third kappa shape index (κ3) is 3.22. The fourth-order valence-corrected chi connectivity index (χ4v) is 3.32. The number of pyridine rings is 1. The van der Waals surface area contributed by atoms with Crippen LogP contribution in [0.4, 0.5) is 0 Å². The van der Waals surface area contributed by atoms with Crippen molar-refractivity contribution in [1.82, 2.24) is 4.98 Å². The Kier molecular flexibility index (Phi) is 4.24. The molecule has 1 unspecified atom stereocenters. The summed E-state index contributed by atoms with van der Waals surface area (Å²) < 4.78 is 0. The van der Waals surface area contributed by atoms with Crippen molar-refractivity contribution in [2.45, 2.75) is 55.2 Å². The Bertz CT molecular complexity index is 315. The van der Waals surface area contributed by atoms with Gasteiger partial charge in [0.2, 0.25) is 0 Å². The van der Waals surface area contributed by atoms with E-state index in [2.05, 4.69) is 17.1 Å². The van der Waals surface area contributed by atoms with Gasteiger partial charge in [-0.3, -0.25) is 4.98 Å². The number of aromatic nitrogens is 1. The molecule has 16 heavy (non-hydrogen) atoms. The van der Waals surface area contributed by atoms with Crippen LogP contribution in [0, 0.1) is 0 Å². The average Bonchev–Trinajstić information content (AvgIpc) is 2.31. The molecule has 1 aromatic rings. The Morgan fingerprint density at radius 1 is 1.31 bits per heavy atom. The molecule has 2 rings (SSSR count). The standard InChI is InChI=1S/C13H20N2S/c1-10(14)13-8-7-12(9-15-13)16-11-5-3-2-4-6-11/h7-11H,2-6,14H2,1H3. The smallest absolute Gasteiger partial charge is 0.0569 e. The zero-order chi connectivity index (χ0) is 11.4. The highest BCUT2D eigenvalue weighted by molar-refractivity contribution is 8.00. The maximum Gasteiger partial charge on any atom is 0.0569 e. The van der Waals surface area contributed by atoms with E-state index >= 15 is 0 Å². The summed E-state index contributed by atoms with van der Waals surface area (Å²) in [5.41, 5.74) is 6.76. The van der Waals surface area contributed by atoms with E-state index in [-0.39, 0.29) is 6.04 Å². The normalized spacial score (nSPS) is 19.6. The van der Waals surface area contributed by atoms with Crippen LogP contribution in [0.3, 0.4) is 0 Å². The first kappa shape index (κ1) is 11.9. The van der Waals surface area contributed by atoms with Crippen LogP contribution in [0.15, 0.2) is 23.2 Å². The summed E-state index contributed by atoms with van der Waals surface area (Å²) in [5.74, 6) is 0. The van der Waals surface area contributed by atoms with E-state index in [1.165, 1.54) is 37.0 Å².